The second kappa shape index (κ2) is 12.3. The van der Waals surface area contributed by atoms with Gasteiger partial charge in [0.2, 0.25) is 5.00 Å². The van der Waals surface area contributed by atoms with Crippen LogP contribution in [-0.2, 0) is 6.42 Å². The minimum atomic E-state index is 0.588. The van der Waals surface area contributed by atoms with E-state index in [0.29, 0.717) is 5.13 Å². The molecule has 0 radical (unpaired) electrons. The molecule has 1 aliphatic rings. The highest BCUT2D eigenvalue weighted by atomic mass is 32.1. The molecule has 38 heavy (non-hydrogen) atoms. The molecular weight excluding hydrogens is 514 g/mol. The molecule has 0 aliphatic carbocycles. The summed E-state index contributed by atoms with van der Waals surface area (Å²) in [6.07, 6.45) is 4.56. The van der Waals surface area contributed by atoms with Crippen molar-refractivity contribution in [2.75, 3.05) is 34.3 Å². The van der Waals surface area contributed by atoms with E-state index >= 15 is 0 Å². The number of nitrogen functional groups attached to an aromatic ring is 1. The van der Waals surface area contributed by atoms with Crippen LogP contribution in [0, 0.1) is 13.8 Å². The average molecular weight is 549 g/mol. The molecule has 9 nitrogen and oxygen atoms in total. The lowest BCUT2D eigenvalue weighted by Crippen LogP contribution is -2.82. The lowest BCUT2D eigenvalue weighted by atomic mass is 10.2. The van der Waals surface area contributed by atoms with Crippen LogP contribution in [0.5, 0.6) is 0 Å². The fourth-order valence-corrected chi connectivity index (χ4v) is 5.96. The van der Waals surface area contributed by atoms with Crippen LogP contribution in [0.4, 0.5) is 37.9 Å². The number of thiophene rings is 1. The van der Waals surface area contributed by atoms with E-state index in [4.69, 9.17) is 0 Å². The molecule has 0 saturated carbocycles. The van der Waals surface area contributed by atoms with Gasteiger partial charge in [-0.15, -0.1) is 20.4 Å². The fraction of sp³-hybridized carbons (Fsp3) is 0.333. The Balaban J connectivity index is 1.13. The van der Waals surface area contributed by atoms with Crippen molar-refractivity contribution in [1.82, 2.24) is 10.2 Å². The van der Waals surface area contributed by atoms with Crippen molar-refractivity contribution >= 4 is 60.6 Å². The Hall–Kier alpha value is -3.54. The van der Waals surface area contributed by atoms with E-state index in [0.717, 1.165) is 51.7 Å². The number of aromatic nitrogens is 2. The van der Waals surface area contributed by atoms with E-state index < -0.39 is 0 Å². The zero-order chi connectivity index (χ0) is 26.3. The number of anilines is 4. The van der Waals surface area contributed by atoms with Crippen molar-refractivity contribution in [3.05, 3.63) is 64.7 Å². The third-order valence-electron chi connectivity index (χ3n) is 6.34. The maximum Gasteiger partial charge on any atom is 0.251 e. The number of quaternary nitrogens is 1. The molecule has 4 aromatic rings. The minimum Gasteiger partial charge on any atom is -0.363 e. The van der Waals surface area contributed by atoms with Crippen LogP contribution in [0.2, 0.25) is 0 Å². The summed E-state index contributed by atoms with van der Waals surface area (Å²) in [6.45, 7) is 8.59. The Morgan fingerprint density at radius 3 is 2.50 bits per heavy atom. The molecule has 1 aliphatic heterocycles. The minimum absolute atomic E-state index is 0.588. The summed E-state index contributed by atoms with van der Waals surface area (Å²) in [5, 5.41) is 21.0. The standard InChI is InChI=1S/C27H33N9S2/c1-4-7-24-33-35-27(38-24)34-31-23-11-8-20(16-19(23)3)28-30-22-10-9-21(17-18(22)2)29-32-25-12-13-26(37-25)36-14-5-6-15-36/h8-13,16-17,28-30,32H,4-7,14-15H2,1-3H3/p+1. The first-order valence-electron chi connectivity index (χ1n) is 13.0. The predicted octanol–water partition coefficient (Wildman–Crippen LogP) is 6.85. The number of hydrogen-bond acceptors (Lipinski definition) is 10. The van der Waals surface area contributed by atoms with E-state index in [1.807, 2.05) is 36.5 Å². The van der Waals surface area contributed by atoms with Crippen molar-refractivity contribution in [3.63, 3.8) is 0 Å². The van der Waals surface area contributed by atoms with Gasteiger partial charge >= 0.3 is 0 Å². The maximum absolute atomic E-state index is 4.37. The first-order chi connectivity index (χ1) is 18.6. The molecule has 2 aromatic carbocycles. The molecule has 0 spiro atoms. The van der Waals surface area contributed by atoms with Crippen molar-refractivity contribution in [2.45, 2.75) is 46.5 Å². The number of rotatable bonds is 11. The predicted molar refractivity (Wildman–Crippen MR) is 159 cm³/mol. The topological polar surface area (TPSA) is 106 Å². The highest BCUT2D eigenvalue weighted by molar-refractivity contribution is 7.19. The highest BCUT2D eigenvalue weighted by Gasteiger charge is 2.15. The molecule has 11 heteroatoms. The Labute approximate surface area is 231 Å². The van der Waals surface area contributed by atoms with Gasteiger partial charge in [-0.3, -0.25) is 0 Å². The molecule has 198 valence electrons. The molecular formula is C27H34N9S2+. The van der Waals surface area contributed by atoms with E-state index in [1.165, 1.54) is 47.3 Å². The molecule has 0 atom stereocenters. The number of benzene rings is 2. The zero-order valence-electron chi connectivity index (χ0n) is 22.0. The summed E-state index contributed by atoms with van der Waals surface area (Å²) in [5.74, 6) is 0. The van der Waals surface area contributed by atoms with Gasteiger partial charge in [0.1, 0.15) is 5.01 Å². The molecule has 1 saturated heterocycles. The quantitative estimate of drug-likeness (QED) is 0.0928. The highest BCUT2D eigenvalue weighted by Crippen LogP contribution is 2.30. The summed E-state index contributed by atoms with van der Waals surface area (Å²) in [6, 6.07) is 16.7. The van der Waals surface area contributed by atoms with Gasteiger partial charge in [0, 0.05) is 25.6 Å². The van der Waals surface area contributed by atoms with Crippen molar-refractivity contribution in [2.24, 2.45) is 10.2 Å². The molecule has 0 unspecified atom stereocenters. The normalized spacial score (nSPS) is 13.4. The number of nitrogens with zero attached hydrogens (tertiary/aromatic N) is 5. The SMILES string of the molecule is CCCc1nnc(N=Nc2ccc(NNc3ccc(N[NH2+]c4ccc(N5CCCC5)s4)cc3C)cc2C)s1. The first-order valence-corrected chi connectivity index (χ1v) is 14.6. The second-order valence-corrected chi connectivity index (χ2v) is 11.5. The van der Waals surface area contributed by atoms with Gasteiger partial charge in [-0.1, -0.05) is 29.6 Å². The zero-order valence-corrected chi connectivity index (χ0v) is 23.6. The molecule has 2 aromatic heterocycles. The van der Waals surface area contributed by atoms with Gasteiger partial charge in [-0.2, -0.15) is 0 Å². The third kappa shape index (κ3) is 6.66. The van der Waals surface area contributed by atoms with Crippen LogP contribution in [-0.4, -0.2) is 23.3 Å². The Bertz CT molecular complexity index is 1390. The van der Waals surface area contributed by atoms with Gasteiger partial charge in [0.05, 0.1) is 27.8 Å². The van der Waals surface area contributed by atoms with Crippen LogP contribution < -0.4 is 26.6 Å². The van der Waals surface area contributed by atoms with Gasteiger partial charge < -0.3 is 15.8 Å². The summed E-state index contributed by atoms with van der Waals surface area (Å²) < 4.78 is 0. The Morgan fingerprint density at radius 1 is 0.895 bits per heavy atom. The average Bonchev–Trinajstić information content (AvgIpc) is 3.69. The van der Waals surface area contributed by atoms with Crippen LogP contribution in [0.1, 0.15) is 42.3 Å². The lowest BCUT2D eigenvalue weighted by Gasteiger charge is -2.14. The Morgan fingerprint density at radius 2 is 1.71 bits per heavy atom. The number of nitrogens with one attached hydrogen (secondary N) is 3. The smallest absolute Gasteiger partial charge is 0.251 e. The van der Waals surface area contributed by atoms with Crippen LogP contribution in [0.15, 0.2) is 58.8 Å². The monoisotopic (exact) mass is 548 g/mol. The van der Waals surface area contributed by atoms with Crippen molar-refractivity contribution < 1.29 is 5.43 Å². The number of azo groups is 1. The maximum atomic E-state index is 4.37. The lowest BCUT2D eigenvalue weighted by molar-refractivity contribution is -0.534. The van der Waals surface area contributed by atoms with Crippen LogP contribution in [0.25, 0.3) is 0 Å². The molecule has 5 rings (SSSR count). The van der Waals surface area contributed by atoms with Crippen molar-refractivity contribution in [1.29, 1.82) is 0 Å². The van der Waals surface area contributed by atoms with Crippen LogP contribution in [0.3, 0.4) is 0 Å². The number of hydrogen-bond donors (Lipinski definition) is 4. The molecule has 0 bridgehead atoms. The summed E-state index contributed by atoms with van der Waals surface area (Å²) >= 11 is 3.32. The summed E-state index contributed by atoms with van der Waals surface area (Å²) in [7, 11) is 0. The van der Waals surface area contributed by atoms with E-state index in [-0.39, 0.29) is 0 Å². The van der Waals surface area contributed by atoms with E-state index in [1.54, 1.807) is 0 Å². The molecule has 1 fully saturated rings. The number of aryl methyl sites for hydroxylation is 3. The van der Waals surface area contributed by atoms with E-state index in [2.05, 4.69) is 91.2 Å². The third-order valence-corrected chi connectivity index (χ3v) is 8.30. The van der Waals surface area contributed by atoms with E-state index in [9.17, 15) is 0 Å². The number of nitrogens with two attached hydrogens (primary N) is 1. The molecule has 5 N–H and O–H groups in total. The second-order valence-electron chi connectivity index (χ2n) is 9.37. The molecule has 0 amide bonds. The largest absolute Gasteiger partial charge is 0.363 e. The van der Waals surface area contributed by atoms with Crippen LogP contribution >= 0.6 is 22.7 Å². The van der Waals surface area contributed by atoms with Crippen molar-refractivity contribution in [3.8, 4) is 0 Å². The Kier molecular flexibility index (Phi) is 8.47. The van der Waals surface area contributed by atoms with Gasteiger partial charge in [-0.25, -0.2) is 10.9 Å². The summed E-state index contributed by atoms with van der Waals surface area (Å²) in [4.78, 5) is 2.47. The van der Waals surface area contributed by atoms with Gasteiger partial charge in [-0.05, 0) is 86.7 Å². The molecule has 3 heterocycles. The van der Waals surface area contributed by atoms with Gasteiger partial charge in [0.15, 0.2) is 0 Å². The fourth-order valence-electron chi connectivity index (χ4n) is 4.26. The summed E-state index contributed by atoms with van der Waals surface area (Å²) in [5.41, 5.74) is 18.1. The number of hydrazine groups is 1. The van der Waals surface area contributed by atoms with Gasteiger partial charge in [0.25, 0.3) is 5.13 Å². The first kappa shape index (κ1) is 26.1.